The van der Waals surface area contributed by atoms with Gasteiger partial charge in [0.1, 0.15) is 5.82 Å². The fraction of sp³-hybridized carbons (Fsp3) is 0.250. The Morgan fingerprint density at radius 3 is 2.08 bits per heavy atom. The van der Waals surface area contributed by atoms with Gasteiger partial charge >= 0.3 is 15.6 Å². The predicted octanol–water partition coefficient (Wildman–Crippen LogP) is 3.78. The van der Waals surface area contributed by atoms with E-state index in [4.69, 9.17) is 4.74 Å². The average Bonchev–Trinajstić information content (AvgIpc) is 2.54. The van der Waals surface area contributed by atoms with Crippen molar-refractivity contribution in [2.75, 3.05) is 0 Å². The average molecular weight is 378 g/mol. The molecule has 0 radical (unpaired) electrons. The van der Waals surface area contributed by atoms with E-state index in [1.54, 1.807) is 30.3 Å². The molecule has 136 valence electrons. The van der Waals surface area contributed by atoms with Crippen molar-refractivity contribution in [3.63, 3.8) is 0 Å². The molecule has 2 aromatic carbocycles. The summed E-state index contributed by atoms with van der Waals surface area (Å²) in [4.78, 5) is 0. The third-order valence-corrected chi connectivity index (χ3v) is 4.15. The minimum atomic E-state index is -5.83. The summed E-state index contributed by atoms with van der Waals surface area (Å²) < 4.78 is 82.4. The van der Waals surface area contributed by atoms with Gasteiger partial charge in [-0.25, -0.2) is 8.57 Å². The Kier molecular flexibility index (Phi) is 6.15. The van der Waals surface area contributed by atoms with Crippen LogP contribution in [0, 0.1) is 5.82 Å². The molecule has 2 rings (SSSR count). The van der Waals surface area contributed by atoms with Gasteiger partial charge in [0.05, 0.1) is 6.61 Å². The minimum absolute atomic E-state index is 0.153. The quantitative estimate of drug-likeness (QED) is 0.319. The second-order valence-corrected chi connectivity index (χ2v) is 6.62. The van der Waals surface area contributed by atoms with Crippen LogP contribution in [0.5, 0.6) is 0 Å². The number of benzene rings is 2. The Morgan fingerprint density at radius 2 is 1.52 bits per heavy atom. The number of hydrogen-bond acceptors (Lipinski definition) is 4. The van der Waals surface area contributed by atoms with E-state index in [1.807, 2.05) is 0 Å². The standard InChI is InChI=1S/C16H14F4O4S/c17-14-8-6-12(7-9-14)10-15(24-25(21,22)16(18,19)20)23-11-13-4-2-1-3-5-13/h1-9,15H,10-11H2/t15-/m0/s1. The maximum absolute atomic E-state index is 12.9. The lowest BCUT2D eigenvalue weighted by Gasteiger charge is -2.19. The van der Waals surface area contributed by atoms with Gasteiger partial charge in [-0.15, -0.1) is 0 Å². The van der Waals surface area contributed by atoms with Gasteiger partial charge in [0.15, 0.2) is 6.29 Å². The number of ether oxygens (including phenoxy) is 1. The molecule has 0 aliphatic heterocycles. The second kappa shape index (κ2) is 7.94. The highest BCUT2D eigenvalue weighted by molar-refractivity contribution is 7.87. The zero-order valence-electron chi connectivity index (χ0n) is 12.7. The monoisotopic (exact) mass is 378 g/mol. The van der Waals surface area contributed by atoms with Gasteiger partial charge in [0, 0.05) is 6.42 Å². The minimum Gasteiger partial charge on any atom is -0.346 e. The van der Waals surface area contributed by atoms with Crippen LogP contribution in [-0.4, -0.2) is 20.2 Å². The van der Waals surface area contributed by atoms with Crippen LogP contribution in [0.4, 0.5) is 17.6 Å². The van der Waals surface area contributed by atoms with Gasteiger partial charge in [-0.1, -0.05) is 42.5 Å². The molecule has 0 saturated carbocycles. The zero-order valence-corrected chi connectivity index (χ0v) is 13.6. The third-order valence-electron chi connectivity index (χ3n) is 3.11. The highest BCUT2D eigenvalue weighted by Crippen LogP contribution is 2.27. The Morgan fingerprint density at radius 1 is 0.920 bits per heavy atom. The van der Waals surface area contributed by atoms with Crippen molar-refractivity contribution in [3.8, 4) is 0 Å². The molecule has 0 unspecified atom stereocenters. The maximum atomic E-state index is 12.9. The summed E-state index contributed by atoms with van der Waals surface area (Å²) in [5, 5.41) is 0. The van der Waals surface area contributed by atoms with Crippen LogP contribution in [0.25, 0.3) is 0 Å². The van der Waals surface area contributed by atoms with Gasteiger partial charge < -0.3 is 4.74 Å². The van der Waals surface area contributed by atoms with Crippen LogP contribution >= 0.6 is 0 Å². The van der Waals surface area contributed by atoms with E-state index in [9.17, 15) is 26.0 Å². The summed E-state index contributed by atoms with van der Waals surface area (Å²) in [6, 6.07) is 13.3. The first-order valence-corrected chi connectivity index (χ1v) is 8.48. The first-order valence-electron chi connectivity index (χ1n) is 7.07. The van der Waals surface area contributed by atoms with Crippen molar-refractivity contribution in [1.29, 1.82) is 0 Å². The molecule has 25 heavy (non-hydrogen) atoms. The van der Waals surface area contributed by atoms with Crippen LogP contribution in [0.15, 0.2) is 54.6 Å². The predicted molar refractivity (Wildman–Crippen MR) is 81.2 cm³/mol. The topological polar surface area (TPSA) is 52.6 Å². The van der Waals surface area contributed by atoms with Gasteiger partial charge in [0.25, 0.3) is 0 Å². The molecule has 0 saturated heterocycles. The lowest BCUT2D eigenvalue weighted by molar-refractivity contribution is -0.109. The Bertz CT molecular complexity index is 774. The van der Waals surface area contributed by atoms with Crippen molar-refractivity contribution in [2.24, 2.45) is 0 Å². The molecule has 0 amide bonds. The van der Waals surface area contributed by atoms with Gasteiger partial charge in [-0.05, 0) is 23.3 Å². The highest BCUT2D eigenvalue weighted by atomic mass is 32.2. The molecule has 0 aromatic heterocycles. The van der Waals surface area contributed by atoms with E-state index in [0.29, 0.717) is 11.1 Å². The normalized spacial score (nSPS) is 13.6. The fourth-order valence-electron chi connectivity index (χ4n) is 1.89. The summed E-state index contributed by atoms with van der Waals surface area (Å²) in [5.74, 6) is -0.533. The molecule has 2 aromatic rings. The number of alkyl halides is 3. The first-order chi connectivity index (χ1) is 11.7. The van der Waals surface area contributed by atoms with Crippen LogP contribution in [0.1, 0.15) is 11.1 Å². The molecular formula is C16H14F4O4S. The SMILES string of the molecule is O=S(=O)(O[C@@H](Cc1ccc(F)cc1)OCc1ccccc1)C(F)(F)F. The van der Waals surface area contributed by atoms with E-state index in [2.05, 4.69) is 4.18 Å². The van der Waals surface area contributed by atoms with Crippen molar-refractivity contribution in [1.82, 2.24) is 0 Å². The molecule has 0 N–H and O–H groups in total. The number of rotatable bonds is 7. The highest BCUT2D eigenvalue weighted by Gasteiger charge is 2.48. The van der Waals surface area contributed by atoms with Crippen molar-refractivity contribution < 1.29 is 34.9 Å². The molecule has 0 aliphatic carbocycles. The van der Waals surface area contributed by atoms with E-state index in [1.165, 1.54) is 12.1 Å². The van der Waals surface area contributed by atoms with Crippen molar-refractivity contribution in [2.45, 2.75) is 24.8 Å². The van der Waals surface area contributed by atoms with Crippen LogP contribution < -0.4 is 0 Å². The fourth-order valence-corrected chi connectivity index (χ4v) is 2.41. The van der Waals surface area contributed by atoms with Crippen molar-refractivity contribution in [3.05, 3.63) is 71.5 Å². The van der Waals surface area contributed by atoms with E-state index >= 15 is 0 Å². The summed E-state index contributed by atoms with van der Waals surface area (Å²) in [5.41, 5.74) is -4.58. The van der Waals surface area contributed by atoms with Gasteiger partial charge in [0.2, 0.25) is 0 Å². The van der Waals surface area contributed by atoms with E-state index in [-0.39, 0.29) is 13.0 Å². The van der Waals surface area contributed by atoms with E-state index in [0.717, 1.165) is 12.1 Å². The first kappa shape index (κ1) is 19.4. The van der Waals surface area contributed by atoms with Gasteiger partial charge in [-0.2, -0.15) is 21.6 Å². The van der Waals surface area contributed by atoms with Crippen molar-refractivity contribution >= 4 is 10.1 Å². The number of halogens is 4. The molecule has 1 atom stereocenters. The van der Waals surface area contributed by atoms with Crippen LogP contribution in [0.2, 0.25) is 0 Å². The third kappa shape index (κ3) is 5.80. The largest absolute Gasteiger partial charge is 0.523 e. The second-order valence-electron chi connectivity index (χ2n) is 5.05. The number of hydrogen-bond donors (Lipinski definition) is 0. The molecule has 0 fully saturated rings. The molecule has 0 bridgehead atoms. The van der Waals surface area contributed by atoms with Gasteiger partial charge in [-0.3, -0.25) is 0 Å². The smallest absolute Gasteiger partial charge is 0.346 e. The molecule has 4 nitrogen and oxygen atoms in total. The molecular weight excluding hydrogens is 364 g/mol. The Hall–Kier alpha value is -1.97. The molecule has 0 aliphatic rings. The Labute approximate surface area is 142 Å². The molecule has 9 heteroatoms. The lowest BCUT2D eigenvalue weighted by atomic mass is 10.1. The maximum Gasteiger partial charge on any atom is 0.523 e. The van der Waals surface area contributed by atoms with Crippen LogP contribution in [-0.2, 0) is 32.1 Å². The van der Waals surface area contributed by atoms with E-state index < -0.39 is 27.7 Å². The molecule has 0 heterocycles. The zero-order chi connectivity index (χ0) is 18.5. The van der Waals surface area contributed by atoms with Crippen LogP contribution in [0.3, 0.4) is 0 Å². The summed E-state index contributed by atoms with van der Waals surface area (Å²) in [7, 11) is -5.83. The summed E-state index contributed by atoms with van der Waals surface area (Å²) in [6.45, 7) is -0.153. The summed E-state index contributed by atoms with van der Waals surface area (Å²) >= 11 is 0. The lowest BCUT2D eigenvalue weighted by Crippen LogP contribution is -2.32. The summed E-state index contributed by atoms with van der Waals surface area (Å²) in [6.07, 6.45) is -2.01. The Balaban J connectivity index is 2.14. The molecule has 0 spiro atoms.